The van der Waals surface area contributed by atoms with Crippen LogP contribution in [-0.4, -0.2) is 11.5 Å². The molecule has 0 aromatic carbocycles. The first-order chi connectivity index (χ1) is 7.78. The molecule has 1 aromatic rings. The molecule has 0 amide bonds. The summed E-state index contributed by atoms with van der Waals surface area (Å²) in [5, 5.41) is 12.4. The number of rotatable bonds is 3. The molecule has 0 radical (unpaired) electrons. The molecule has 3 nitrogen and oxygen atoms in total. The van der Waals surface area contributed by atoms with Crippen LogP contribution < -0.4 is 5.32 Å². The highest BCUT2D eigenvalue weighted by Gasteiger charge is 2.14. The maximum atomic E-state index is 8.80. The van der Waals surface area contributed by atoms with Gasteiger partial charge in [-0.25, -0.2) is 4.98 Å². The molecule has 16 heavy (non-hydrogen) atoms. The van der Waals surface area contributed by atoms with E-state index in [4.69, 9.17) is 16.9 Å². The van der Waals surface area contributed by atoms with E-state index < -0.39 is 0 Å². The van der Waals surface area contributed by atoms with Gasteiger partial charge in [-0.05, 0) is 30.9 Å². The van der Waals surface area contributed by atoms with Crippen molar-refractivity contribution in [2.24, 2.45) is 5.92 Å². The summed E-state index contributed by atoms with van der Waals surface area (Å²) in [5.74, 6) is 1.45. The Bertz CT molecular complexity index is 405. The van der Waals surface area contributed by atoms with Crippen LogP contribution in [0.25, 0.3) is 0 Å². The number of hydrogen-bond acceptors (Lipinski definition) is 3. The predicted molar refractivity (Wildman–Crippen MR) is 64.4 cm³/mol. The SMILES string of the molecule is N#Cc1cc(Cl)nc(NCC2CCCC2)c1. The lowest BCUT2D eigenvalue weighted by Crippen LogP contribution is -2.12. The minimum absolute atomic E-state index is 0.368. The van der Waals surface area contributed by atoms with Crippen molar-refractivity contribution in [1.82, 2.24) is 4.98 Å². The molecule has 1 saturated carbocycles. The molecule has 0 aliphatic heterocycles. The van der Waals surface area contributed by atoms with Crippen LogP contribution in [0.15, 0.2) is 12.1 Å². The van der Waals surface area contributed by atoms with Gasteiger partial charge in [0.05, 0.1) is 11.6 Å². The summed E-state index contributed by atoms with van der Waals surface area (Å²) in [6, 6.07) is 5.38. The van der Waals surface area contributed by atoms with Crippen LogP contribution in [0, 0.1) is 17.2 Å². The van der Waals surface area contributed by atoms with Crippen molar-refractivity contribution in [1.29, 1.82) is 5.26 Å². The van der Waals surface area contributed by atoms with E-state index in [0.29, 0.717) is 16.5 Å². The zero-order valence-corrected chi connectivity index (χ0v) is 9.80. The first-order valence-corrected chi connectivity index (χ1v) is 5.97. The van der Waals surface area contributed by atoms with Crippen molar-refractivity contribution >= 4 is 17.4 Å². The molecule has 0 saturated heterocycles. The van der Waals surface area contributed by atoms with E-state index in [1.54, 1.807) is 12.1 Å². The second-order valence-corrected chi connectivity index (χ2v) is 4.59. The van der Waals surface area contributed by atoms with Crippen LogP contribution in [0.3, 0.4) is 0 Å². The highest BCUT2D eigenvalue weighted by atomic mass is 35.5. The maximum absolute atomic E-state index is 8.80. The van der Waals surface area contributed by atoms with Crippen molar-refractivity contribution < 1.29 is 0 Å². The van der Waals surface area contributed by atoms with Gasteiger partial charge in [-0.15, -0.1) is 0 Å². The Labute approximate surface area is 100 Å². The van der Waals surface area contributed by atoms with Crippen molar-refractivity contribution in [2.45, 2.75) is 25.7 Å². The second-order valence-electron chi connectivity index (χ2n) is 4.21. The van der Waals surface area contributed by atoms with Crippen molar-refractivity contribution in [3.05, 3.63) is 22.8 Å². The standard InChI is InChI=1S/C12H14ClN3/c13-11-5-10(7-14)6-12(16-11)15-8-9-3-1-2-4-9/h5-6,9H,1-4,8H2,(H,15,16). The fraction of sp³-hybridized carbons (Fsp3) is 0.500. The topological polar surface area (TPSA) is 48.7 Å². The van der Waals surface area contributed by atoms with E-state index in [9.17, 15) is 0 Å². The molecule has 1 aromatic heterocycles. The molecule has 84 valence electrons. The van der Waals surface area contributed by atoms with Gasteiger partial charge in [0.2, 0.25) is 0 Å². The van der Waals surface area contributed by atoms with E-state index in [0.717, 1.165) is 12.5 Å². The van der Waals surface area contributed by atoms with E-state index >= 15 is 0 Å². The average Bonchev–Trinajstić information content (AvgIpc) is 2.78. The van der Waals surface area contributed by atoms with Gasteiger partial charge < -0.3 is 5.32 Å². The number of halogens is 1. The fourth-order valence-corrected chi connectivity index (χ4v) is 2.32. The van der Waals surface area contributed by atoms with E-state index in [-0.39, 0.29) is 0 Å². The molecular weight excluding hydrogens is 222 g/mol. The first-order valence-electron chi connectivity index (χ1n) is 5.59. The van der Waals surface area contributed by atoms with Gasteiger partial charge in [-0.3, -0.25) is 0 Å². The number of anilines is 1. The molecule has 4 heteroatoms. The molecule has 0 spiro atoms. The Morgan fingerprint density at radius 3 is 2.88 bits per heavy atom. The summed E-state index contributed by atoms with van der Waals surface area (Å²) in [4.78, 5) is 4.15. The highest BCUT2D eigenvalue weighted by molar-refractivity contribution is 6.29. The van der Waals surface area contributed by atoms with Crippen LogP contribution in [0.1, 0.15) is 31.2 Å². The first kappa shape index (κ1) is 11.2. The van der Waals surface area contributed by atoms with Crippen molar-refractivity contribution in [3.63, 3.8) is 0 Å². The smallest absolute Gasteiger partial charge is 0.132 e. The monoisotopic (exact) mass is 235 g/mol. The van der Waals surface area contributed by atoms with Crippen LogP contribution in [0.2, 0.25) is 5.15 Å². The van der Waals surface area contributed by atoms with Gasteiger partial charge in [0, 0.05) is 6.54 Å². The fourth-order valence-electron chi connectivity index (χ4n) is 2.12. The largest absolute Gasteiger partial charge is 0.370 e. The van der Waals surface area contributed by atoms with Crippen LogP contribution >= 0.6 is 11.6 Å². The third-order valence-electron chi connectivity index (χ3n) is 2.97. The quantitative estimate of drug-likeness (QED) is 0.819. The normalized spacial score (nSPS) is 16.0. The molecule has 1 fully saturated rings. The van der Waals surface area contributed by atoms with Gasteiger partial charge >= 0.3 is 0 Å². The molecule has 1 aliphatic carbocycles. The van der Waals surface area contributed by atoms with Crippen LogP contribution in [-0.2, 0) is 0 Å². The Balaban J connectivity index is 1.98. The van der Waals surface area contributed by atoms with Gasteiger partial charge in [0.15, 0.2) is 0 Å². The van der Waals surface area contributed by atoms with Gasteiger partial charge in [0.1, 0.15) is 11.0 Å². The number of nitrogens with one attached hydrogen (secondary N) is 1. The summed E-state index contributed by atoms with van der Waals surface area (Å²) in [6.07, 6.45) is 5.24. The van der Waals surface area contributed by atoms with E-state index in [2.05, 4.69) is 16.4 Å². The molecule has 1 N–H and O–H groups in total. The number of aromatic nitrogens is 1. The average molecular weight is 236 g/mol. The minimum Gasteiger partial charge on any atom is -0.370 e. The number of nitrogens with zero attached hydrogens (tertiary/aromatic N) is 2. The van der Waals surface area contributed by atoms with Crippen molar-refractivity contribution in [3.8, 4) is 6.07 Å². The maximum Gasteiger partial charge on any atom is 0.132 e. The summed E-state index contributed by atoms with van der Waals surface area (Å²) in [6.45, 7) is 0.929. The number of nitriles is 1. The summed E-state index contributed by atoms with van der Waals surface area (Å²) >= 11 is 5.82. The Kier molecular flexibility index (Phi) is 3.63. The lowest BCUT2D eigenvalue weighted by Gasteiger charge is -2.11. The number of pyridine rings is 1. The van der Waals surface area contributed by atoms with Crippen LogP contribution in [0.5, 0.6) is 0 Å². The Hall–Kier alpha value is -1.27. The molecule has 1 aliphatic rings. The zero-order valence-electron chi connectivity index (χ0n) is 9.04. The van der Waals surface area contributed by atoms with Crippen LogP contribution in [0.4, 0.5) is 5.82 Å². The molecule has 0 unspecified atom stereocenters. The van der Waals surface area contributed by atoms with Gasteiger partial charge in [-0.1, -0.05) is 24.4 Å². The van der Waals surface area contributed by atoms with E-state index in [1.807, 2.05) is 0 Å². The third kappa shape index (κ3) is 2.86. The van der Waals surface area contributed by atoms with Gasteiger partial charge in [-0.2, -0.15) is 5.26 Å². The molecule has 0 atom stereocenters. The Morgan fingerprint density at radius 2 is 2.19 bits per heavy atom. The molecule has 0 bridgehead atoms. The molecule has 1 heterocycles. The Morgan fingerprint density at radius 1 is 1.44 bits per heavy atom. The highest BCUT2D eigenvalue weighted by Crippen LogP contribution is 2.25. The van der Waals surface area contributed by atoms with Crippen molar-refractivity contribution in [2.75, 3.05) is 11.9 Å². The summed E-state index contributed by atoms with van der Waals surface area (Å²) in [7, 11) is 0. The van der Waals surface area contributed by atoms with Gasteiger partial charge in [0.25, 0.3) is 0 Å². The third-order valence-corrected chi connectivity index (χ3v) is 3.16. The molecular formula is C12H14ClN3. The summed E-state index contributed by atoms with van der Waals surface area (Å²) in [5.41, 5.74) is 0.550. The molecule has 2 rings (SSSR count). The number of hydrogen-bond donors (Lipinski definition) is 1. The zero-order chi connectivity index (χ0) is 11.4. The lowest BCUT2D eigenvalue weighted by molar-refractivity contribution is 0.579. The van der Waals surface area contributed by atoms with E-state index in [1.165, 1.54) is 25.7 Å². The second kappa shape index (κ2) is 5.18. The summed E-state index contributed by atoms with van der Waals surface area (Å²) < 4.78 is 0. The minimum atomic E-state index is 0.368. The predicted octanol–water partition coefficient (Wildman–Crippen LogP) is 3.21. The lowest BCUT2D eigenvalue weighted by atomic mass is 10.1.